The van der Waals surface area contributed by atoms with Gasteiger partial charge >= 0.3 is 0 Å². The lowest BCUT2D eigenvalue weighted by Gasteiger charge is -2.20. The summed E-state index contributed by atoms with van der Waals surface area (Å²) in [6.45, 7) is 5.60. The third-order valence-corrected chi connectivity index (χ3v) is 2.97. The first-order chi connectivity index (χ1) is 6.79. The lowest BCUT2D eigenvalue weighted by atomic mass is 10.1. The molecule has 2 aliphatic rings. The van der Waals surface area contributed by atoms with E-state index in [1.54, 1.807) is 0 Å². The van der Waals surface area contributed by atoms with Crippen molar-refractivity contribution < 1.29 is 0 Å². The van der Waals surface area contributed by atoms with Gasteiger partial charge in [0.1, 0.15) is 5.82 Å². The standard InChI is InChI=1S/C10H18N4/c1-2-14-5-3-8-9(4-6-14)13-10(11)7-12-8/h7-8,12H,2-6,11H2,1H3. The maximum atomic E-state index is 5.66. The maximum absolute atomic E-state index is 5.66. The molecular weight excluding hydrogens is 176 g/mol. The average molecular weight is 194 g/mol. The maximum Gasteiger partial charge on any atom is 0.139 e. The molecule has 0 saturated carbocycles. The minimum absolute atomic E-state index is 0.416. The molecule has 2 aliphatic heterocycles. The van der Waals surface area contributed by atoms with Gasteiger partial charge in [-0.2, -0.15) is 0 Å². The fraction of sp³-hybridized carbons (Fsp3) is 0.700. The van der Waals surface area contributed by atoms with E-state index in [4.69, 9.17) is 5.73 Å². The number of hydrogen-bond donors (Lipinski definition) is 2. The predicted molar refractivity (Wildman–Crippen MR) is 58.0 cm³/mol. The fourth-order valence-corrected chi connectivity index (χ4v) is 2.05. The zero-order chi connectivity index (χ0) is 9.97. The molecule has 78 valence electrons. The molecule has 0 aromatic heterocycles. The van der Waals surface area contributed by atoms with Gasteiger partial charge in [-0.15, -0.1) is 0 Å². The second-order valence-electron chi connectivity index (χ2n) is 3.86. The highest BCUT2D eigenvalue weighted by Crippen LogP contribution is 2.13. The first-order valence-electron chi connectivity index (χ1n) is 5.31. The molecule has 2 rings (SSSR count). The van der Waals surface area contributed by atoms with Crippen molar-refractivity contribution in [2.45, 2.75) is 25.8 Å². The molecule has 1 unspecified atom stereocenters. The zero-order valence-corrected chi connectivity index (χ0v) is 8.66. The second-order valence-corrected chi connectivity index (χ2v) is 3.86. The molecule has 3 N–H and O–H groups in total. The SMILES string of the molecule is CCN1CCC2=NC(N)=CNC2CC1. The second kappa shape index (κ2) is 4.00. The minimum atomic E-state index is 0.416. The van der Waals surface area contributed by atoms with Crippen LogP contribution in [-0.2, 0) is 0 Å². The van der Waals surface area contributed by atoms with Crippen molar-refractivity contribution in [3.05, 3.63) is 12.0 Å². The normalized spacial score (nSPS) is 28.2. The van der Waals surface area contributed by atoms with Gasteiger partial charge in [0.25, 0.3) is 0 Å². The van der Waals surface area contributed by atoms with E-state index < -0.39 is 0 Å². The number of nitrogens with two attached hydrogens (primary N) is 1. The van der Waals surface area contributed by atoms with Crippen LogP contribution in [0.4, 0.5) is 0 Å². The van der Waals surface area contributed by atoms with Crippen LogP contribution in [0.25, 0.3) is 0 Å². The molecule has 2 heterocycles. The molecule has 0 amide bonds. The summed E-state index contributed by atoms with van der Waals surface area (Å²) in [7, 11) is 0. The van der Waals surface area contributed by atoms with E-state index >= 15 is 0 Å². The highest BCUT2D eigenvalue weighted by molar-refractivity contribution is 5.91. The van der Waals surface area contributed by atoms with Gasteiger partial charge in [-0.3, -0.25) is 0 Å². The zero-order valence-electron chi connectivity index (χ0n) is 8.66. The average Bonchev–Trinajstić information content (AvgIpc) is 2.39. The van der Waals surface area contributed by atoms with Gasteiger partial charge in [-0.1, -0.05) is 6.92 Å². The summed E-state index contributed by atoms with van der Waals surface area (Å²) in [5.41, 5.74) is 6.88. The molecule has 0 bridgehead atoms. The molecule has 1 saturated heterocycles. The van der Waals surface area contributed by atoms with Crippen LogP contribution in [-0.4, -0.2) is 36.3 Å². The fourth-order valence-electron chi connectivity index (χ4n) is 2.05. The molecule has 0 spiro atoms. The molecule has 14 heavy (non-hydrogen) atoms. The van der Waals surface area contributed by atoms with E-state index in [2.05, 4.69) is 22.1 Å². The van der Waals surface area contributed by atoms with Crippen LogP contribution in [0.2, 0.25) is 0 Å². The lowest BCUT2D eigenvalue weighted by Crippen LogP contribution is -2.37. The van der Waals surface area contributed by atoms with Crippen molar-refractivity contribution in [1.82, 2.24) is 10.2 Å². The van der Waals surface area contributed by atoms with Gasteiger partial charge in [0.2, 0.25) is 0 Å². The van der Waals surface area contributed by atoms with E-state index in [1.165, 1.54) is 5.71 Å². The van der Waals surface area contributed by atoms with Crippen molar-refractivity contribution >= 4 is 5.71 Å². The number of fused-ring (bicyclic) bond motifs is 1. The number of likely N-dealkylation sites (tertiary alicyclic amines) is 1. The summed E-state index contributed by atoms with van der Waals surface area (Å²) in [6, 6.07) is 0.416. The smallest absolute Gasteiger partial charge is 0.139 e. The molecule has 4 heteroatoms. The monoisotopic (exact) mass is 194 g/mol. The van der Waals surface area contributed by atoms with Crippen LogP contribution < -0.4 is 11.1 Å². The Balaban J connectivity index is 2.06. The van der Waals surface area contributed by atoms with Gasteiger partial charge < -0.3 is 16.0 Å². The van der Waals surface area contributed by atoms with Crippen LogP contribution in [0.15, 0.2) is 17.0 Å². The van der Waals surface area contributed by atoms with Crippen LogP contribution in [0.5, 0.6) is 0 Å². The first-order valence-corrected chi connectivity index (χ1v) is 5.31. The van der Waals surface area contributed by atoms with Crippen LogP contribution in [0, 0.1) is 0 Å². The largest absolute Gasteiger partial charge is 0.383 e. The molecule has 1 atom stereocenters. The molecule has 4 nitrogen and oxygen atoms in total. The molecule has 0 aromatic rings. The number of hydrogen-bond acceptors (Lipinski definition) is 4. The Bertz CT molecular complexity index is 269. The van der Waals surface area contributed by atoms with Gasteiger partial charge in [0, 0.05) is 31.4 Å². The van der Waals surface area contributed by atoms with Crippen molar-refractivity contribution in [1.29, 1.82) is 0 Å². The van der Waals surface area contributed by atoms with Crippen molar-refractivity contribution in [2.24, 2.45) is 10.7 Å². The summed E-state index contributed by atoms with van der Waals surface area (Å²) >= 11 is 0. The highest BCUT2D eigenvalue weighted by Gasteiger charge is 2.22. The van der Waals surface area contributed by atoms with Gasteiger partial charge in [-0.25, -0.2) is 4.99 Å². The van der Waals surface area contributed by atoms with E-state index in [0.29, 0.717) is 11.9 Å². The number of nitrogens with zero attached hydrogens (tertiary/aromatic N) is 2. The van der Waals surface area contributed by atoms with Gasteiger partial charge in [0.05, 0.1) is 6.04 Å². The Morgan fingerprint density at radius 1 is 1.64 bits per heavy atom. The summed E-state index contributed by atoms with van der Waals surface area (Å²) in [5, 5.41) is 3.31. The van der Waals surface area contributed by atoms with Crippen molar-refractivity contribution in [2.75, 3.05) is 19.6 Å². The van der Waals surface area contributed by atoms with Gasteiger partial charge in [0.15, 0.2) is 0 Å². The van der Waals surface area contributed by atoms with Crippen LogP contribution >= 0.6 is 0 Å². The third-order valence-electron chi connectivity index (χ3n) is 2.97. The number of aliphatic imine (C=N–C) groups is 1. The first kappa shape index (κ1) is 9.52. The molecule has 0 radical (unpaired) electrons. The number of rotatable bonds is 1. The van der Waals surface area contributed by atoms with Crippen molar-refractivity contribution in [3.63, 3.8) is 0 Å². The van der Waals surface area contributed by atoms with E-state index in [-0.39, 0.29) is 0 Å². The van der Waals surface area contributed by atoms with Crippen LogP contribution in [0.1, 0.15) is 19.8 Å². The predicted octanol–water partition coefficient (Wildman–Crippen LogP) is 0.272. The summed E-state index contributed by atoms with van der Waals surface area (Å²) in [5.74, 6) is 0.612. The minimum Gasteiger partial charge on any atom is -0.383 e. The Hall–Kier alpha value is -1.03. The Kier molecular flexibility index (Phi) is 2.72. The van der Waals surface area contributed by atoms with Crippen molar-refractivity contribution in [3.8, 4) is 0 Å². The summed E-state index contributed by atoms with van der Waals surface area (Å²) in [4.78, 5) is 6.86. The van der Waals surface area contributed by atoms with E-state index in [9.17, 15) is 0 Å². The van der Waals surface area contributed by atoms with E-state index in [0.717, 1.165) is 32.5 Å². The quantitative estimate of drug-likeness (QED) is 0.630. The van der Waals surface area contributed by atoms with Crippen LogP contribution in [0.3, 0.4) is 0 Å². The number of nitrogens with one attached hydrogen (secondary N) is 1. The summed E-state index contributed by atoms with van der Waals surface area (Å²) < 4.78 is 0. The van der Waals surface area contributed by atoms with Gasteiger partial charge in [-0.05, 0) is 13.0 Å². The molecular formula is C10H18N4. The Morgan fingerprint density at radius 3 is 3.29 bits per heavy atom. The summed E-state index contributed by atoms with van der Waals surface area (Å²) in [6.07, 6.45) is 3.99. The highest BCUT2D eigenvalue weighted by atomic mass is 15.1. The topological polar surface area (TPSA) is 53.6 Å². The third kappa shape index (κ3) is 1.90. The van der Waals surface area contributed by atoms with E-state index in [1.807, 2.05) is 6.20 Å². The lowest BCUT2D eigenvalue weighted by molar-refractivity contribution is 0.299. The Labute approximate surface area is 84.9 Å². The molecule has 0 aromatic carbocycles. The Morgan fingerprint density at radius 2 is 2.50 bits per heavy atom. The molecule has 1 fully saturated rings. The molecule has 0 aliphatic carbocycles.